The molecule has 92 valence electrons. The van der Waals surface area contributed by atoms with E-state index < -0.39 is 0 Å². The van der Waals surface area contributed by atoms with Gasteiger partial charge in [-0.25, -0.2) is 4.57 Å². The highest BCUT2D eigenvalue weighted by atomic mass is 127. The zero-order chi connectivity index (χ0) is 11.4. The number of pyridine rings is 1. The molecule has 0 aromatic carbocycles. The SMILES string of the molecule is CCCNc1nnc(-c2cc[n+](C)cc2)o1.[I-]. The fourth-order valence-corrected chi connectivity index (χ4v) is 1.29. The van der Waals surface area contributed by atoms with Gasteiger partial charge >= 0.3 is 6.01 Å². The molecule has 0 saturated carbocycles. The van der Waals surface area contributed by atoms with Gasteiger partial charge < -0.3 is 33.7 Å². The van der Waals surface area contributed by atoms with Crippen LogP contribution in [0.1, 0.15) is 13.3 Å². The summed E-state index contributed by atoms with van der Waals surface area (Å²) in [5, 5.41) is 10.9. The van der Waals surface area contributed by atoms with Gasteiger partial charge in [0.2, 0.25) is 5.89 Å². The Morgan fingerprint density at radius 2 is 2.00 bits per heavy atom. The summed E-state index contributed by atoms with van der Waals surface area (Å²) in [6.45, 7) is 2.92. The summed E-state index contributed by atoms with van der Waals surface area (Å²) in [4.78, 5) is 0. The van der Waals surface area contributed by atoms with Crippen LogP contribution in [-0.4, -0.2) is 16.7 Å². The number of nitrogens with zero attached hydrogens (tertiary/aromatic N) is 3. The molecule has 17 heavy (non-hydrogen) atoms. The van der Waals surface area contributed by atoms with Gasteiger partial charge in [-0.3, -0.25) is 0 Å². The summed E-state index contributed by atoms with van der Waals surface area (Å²) in [5.74, 6) is 0.541. The highest BCUT2D eigenvalue weighted by molar-refractivity contribution is 5.51. The Morgan fingerprint density at radius 1 is 1.29 bits per heavy atom. The van der Waals surface area contributed by atoms with Crippen molar-refractivity contribution in [3.63, 3.8) is 0 Å². The van der Waals surface area contributed by atoms with Gasteiger partial charge in [0.05, 0.1) is 5.56 Å². The quantitative estimate of drug-likeness (QED) is 0.535. The minimum absolute atomic E-state index is 0. The molecule has 1 N–H and O–H groups in total. The van der Waals surface area contributed by atoms with E-state index in [1.54, 1.807) is 0 Å². The highest BCUT2D eigenvalue weighted by Crippen LogP contribution is 2.17. The zero-order valence-electron chi connectivity index (χ0n) is 9.85. The fraction of sp³-hybridized carbons (Fsp3) is 0.364. The van der Waals surface area contributed by atoms with Crippen molar-refractivity contribution < 1.29 is 33.0 Å². The van der Waals surface area contributed by atoms with Crippen molar-refractivity contribution >= 4 is 6.01 Å². The molecular weight excluding hydrogens is 331 g/mol. The van der Waals surface area contributed by atoms with Crippen LogP contribution in [0.25, 0.3) is 11.5 Å². The summed E-state index contributed by atoms with van der Waals surface area (Å²) < 4.78 is 7.42. The van der Waals surface area contributed by atoms with Crippen LogP contribution in [0, 0.1) is 0 Å². The van der Waals surface area contributed by atoms with E-state index in [2.05, 4.69) is 22.4 Å². The lowest BCUT2D eigenvalue weighted by molar-refractivity contribution is -0.671. The summed E-state index contributed by atoms with van der Waals surface area (Å²) in [6, 6.07) is 4.36. The standard InChI is InChI=1S/C11H14N4O.HI/c1-3-6-12-11-14-13-10(16-11)9-4-7-15(2)8-5-9;/h4-5,7-8H,3,6H2,1-2H3;1H. The number of nitrogens with one attached hydrogen (secondary N) is 1. The predicted molar refractivity (Wildman–Crippen MR) is 59.7 cm³/mol. The molecule has 0 saturated heterocycles. The Kier molecular flexibility index (Phi) is 5.33. The number of rotatable bonds is 4. The van der Waals surface area contributed by atoms with Crippen molar-refractivity contribution in [1.82, 2.24) is 10.2 Å². The summed E-state index contributed by atoms with van der Waals surface area (Å²) in [7, 11) is 1.96. The molecule has 0 atom stereocenters. The normalized spacial score (nSPS) is 9.76. The molecule has 0 aliphatic carbocycles. The van der Waals surface area contributed by atoms with Gasteiger partial charge in [0, 0.05) is 18.7 Å². The molecule has 0 radical (unpaired) electrons. The van der Waals surface area contributed by atoms with Crippen LogP contribution >= 0.6 is 0 Å². The fourth-order valence-electron chi connectivity index (χ4n) is 1.29. The Balaban J connectivity index is 0.00000144. The van der Waals surface area contributed by atoms with E-state index in [0.29, 0.717) is 11.9 Å². The van der Waals surface area contributed by atoms with Crippen molar-refractivity contribution in [2.45, 2.75) is 13.3 Å². The van der Waals surface area contributed by atoms with Crippen molar-refractivity contribution in [3.05, 3.63) is 24.5 Å². The van der Waals surface area contributed by atoms with Gasteiger partial charge in [0.15, 0.2) is 12.4 Å². The maximum atomic E-state index is 5.47. The van der Waals surface area contributed by atoms with Gasteiger partial charge in [-0.15, -0.1) is 5.10 Å². The van der Waals surface area contributed by atoms with E-state index in [4.69, 9.17) is 4.42 Å². The smallest absolute Gasteiger partial charge is 0.315 e. The van der Waals surface area contributed by atoms with Gasteiger partial charge in [-0.05, 0) is 6.42 Å². The molecule has 2 rings (SSSR count). The van der Waals surface area contributed by atoms with E-state index >= 15 is 0 Å². The van der Waals surface area contributed by atoms with Crippen LogP contribution in [-0.2, 0) is 7.05 Å². The van der Waals surface area contributed by atoms with Crippen LogP contribution < -0.4 is 33.9 Å². The number of aromatic nitrogens is 3. The Hall–Kier alpha value is -1.18. The van der Waals surface area contributed by atoms with Gasteiger partial charge in [0.25, 0.3) is 0 Å². The van der Waals surface area contributed by atoms with Crippen LogP contribution in [0.3, 0.4) is 0 Å². The number of anilines is 1. The number of hydrogen-bond acceptors (Lipinski definition) is 4. The van der Waals surface area contributed by atoms with Gasteiger partial charge in [-0.1, -0.05) is 12.0 Å². The molecule has 2 aromatic heterocycles. The first-order valence-electron chi connectivity index (χ1n) is 5.32. The molecular formula is C11H15IN4O. The molecule has 0 bridgehead atoms. The van der Waals surface area contributed by atoms with Crippen molar-refractivity contribution in [3.8, 4) is 11.5 Å². The largest absolute Gasteiger partial charge is 1.00 e. The first-order chi connectivity index (χ1) is 7.79. The third-order valence-electron chi connectivity index (χ3n) is 2.18. The number of aryl methyl sites for hydroxylation is 1. The summed E-state index contributed by atoms with van der Waals surface area (Å²) in [6.07, 6.45) is 4.91. The molecule has 0 spiro atoms. The second-order valence-electron chi connectivity index (χ2n) is 3.59. The third-order valence-corrected chi connectivity index (χ3v) is 2.18. The number of halogens is 1. The summed E-state index contributed by atoms with van der Waals surface area (Å²) in [5.41, 5.74) is 0.926. The Labute approximate surface area is 117 Å². The van der Waals surface area contributed by atoms with E-state index in [9.17, 15) is 0 Å². The molecule has 0 aliphatic rings. The van der Waals surface area contributed by atoms with Crippen LogP contribution in [0.5, 0.6) is 0 Å². The average molecular weight is 346 g/mol. The first-order valence-corrected chi connectivity index (χ1v) is 5.32. The van der Waals surface area contributed by atoms with E-state index in [1.165, 1.54) is 0 Å². The minimum Gasteiger partial charge on any atom is -1.00 e. The van der Waals surface area contributed by atoms with E-state index in [0.717, 1.165) is 18.5 Å². The molecule has 2 heterocycles. The molecule has 0 amide bonds. The monoisotopic (exact) mass is 346 g/mol. The zero-order valence-corrected chi connectivity index (χ0v) is 12.0. The molecule has 2 aromatic rings. The third kappa shape index (κ3) is 3.65. The van der Waals surface area contributed by atoms with Crippen molar-refractivity contribution in [1.29, 1.82) is 0 Å². The highest BCUT2D eigenvalue weighted by Gasteiger charge is 2.08. The molecule has 6 heteroatoms. The van der Waals surface area contributed by atoms with Crippen LogP contribution in [0.15, 0.2) is 28.9 Å². The lowest BCUT2D eigenvalue weighted by Gasteiger charge is -1.95. The molecule has 0 unspecified atom stereocenters. The van der Waals surface area contributed by atoms with Crippen molar-refractivity contribution in [2.24, 2.45) is 7.05 Å². The molecule has 0 aliphatic heterocycles. The lowest BCUT2D eigenvalue weighted by atomic mass is 10.3. The molecule has 5 nitrogen and oxygen atoms in total. The van der Waals surface area contributed by atoms with E-state index in [-0.39, 0.29) is 24.0 Å². The van der Waals surface area contributed by atoms with Crippen LogP contribution in [0.2, 0.25) is 0 Å². The first kappa shape index (κ1) is 13.9. The lowest BCUT2D eigenvalue weighted by Crippen LogP contribution is -3.00. The number of hydrogen-bond donors (Lipinski definition) is 1. The Morgan fingerprint density at radius 3 is 2.65 bits per heavy atom. The topological polar surface area (TPSA) is 54.8 Å². The minimum atomic E-state index is 0. The average Bonchev–Trinajstić information content (AvgIpc) is 2.76. The van der Waals surface area contributed by atoms with E-state index in [1.807, 2.05) is 36.1 Å². The molecule has 0 fully saturated rings. The maximum Gasteiger partial charge on any atom is 0.315 e. The second kappa shape index (κ2) is 6.53. The predicted octanol–water partition coefficient (Wildman–Crippen LogP) is -1.61. The van der Waals surface area contributed by atoms with Crippen LogP contribution in [0.4, 0.5) is 6.01 Å². The summed E-state index contributed by atoms with van der Waals surface area (Å²) >= 11 is 0. The van der Waals surface area contributed by atoms with Gasteiger partial charge in [0.1, 0.15) is 7.05 Å². The van der Waals surface area contributed by atoms with Crippen molar-refractivity contribution in [2.75, 3.05) is 11.9 Å². The van der Waals surface area contributed by atoms with Gasteiger partial charge in [-0.2, -0.15) is 0 Å². The maximum absolute atomic E-state index is 5.47. The second-order valence-corrected chi connectivity index (χ2v) is 3.59. The Bertz CT molecular complexity index is 455.